The molecule has 0 spiro atoms. The number of nitrogens with zero attached hydrogens (tertiary/aromatic N) is 1. The number of esters is 1. The van der Waals surface area contributed by atoms with Gasteiger partial charge in [-0.05, 0) is 51.1 Å². The Morgan fingerprint density at radius 3 is 2.79 bits per heavy atom. The normalized spacial score (nSPS) is 17.2. The second-order valence-electron chi connectivity index (χ2n) is 4.96. The molecule has 0 N–H and O–H groups in total. The first-order valence-electron chi connectivity index (χ1n) is 6.76. The molecule has 1 aromatic carbocycles. The van der Waals surface area contributed by atoms with Gasteiger partial charge in [-0.1, -0.05) is 6.07 Å². The molecule has 0 unspecified atom stereocenters. The third-order valence-corrected chi connectivity index (χ3v) is 3.33. The Labute approximate surface area is 114 Å². The molecular formula is C15H21NO3. The average Bonchev–Trinajstić information content (AvgIpc) is 2.91. The zero-order valence-electron chi connectivity index (χ0n) is 11.6. The summed E-state index contributed by atoms with van der Waals surface area (Å²) in [6.45, 7) is 4.98. The van der Waals surface area contributed by atoms with Crippen molar-refractivity contribution in [2.24, 2.45) is 0 Å². The lowest BCUT2D eigenvalue weighted by Crippen LogP contribution is -2.31. The standard InChI is InChI=1S/C15H21NO3/c1-12(11-16-8-3-4-9-16)19-15(17)13-6-5-7-14(10-13)18-2/h5-7,10,12H,3-4,8-9,11H2,1-2H3/t12-/m0/s1. The van der Waals surface area contributed by atoms with Crippen molar-refractivity contribution in [3.05, 3.63) is 29.8 Å². The van der Waals surface area contributed by atoms with E-state index < -0.39 is 0 Å². The zero-order valence-corrected chi connectivity index (χ0v) is 11.6. The highest BCUT2D eigenvalue weighted by atomic mass is 16.5. The highest BCUT2D eigenvalue weighted by Crippen LogP contribution is 2.15. The minimum Gasteiger partial charge on any atom is -0.497 e. The van der Waals surface area contributed by atoms with Gasteiger partial charge in [-0.2, -0.15) is 0 Å². The summed E-state index contributed by atoms with van der Waals surface area (Å²) in [5.41, 5.74) is 0.535. The van der Waals surface area contributed by atoms with Gasteiger partial charge in [0.2, 0.25) is 0 Å². The molecule has 0 saturated carbocycles. The quantitative estimate of drug-likeness (QED) is 0.764. The van der Waals surface area contributed by atoms with Crippen molar-refractivity contribution in [3.8, 4) is 5.75 Å². The minimum absolute atomic E-state index is 0.0863. The molecule has 4 nitrogen and oxygen atoms in total. The van der Waals surface area contributed by atoms with Crippen LogP contribution in [0.4, 0.5) is 0 Å². The maximum absolute atomic E-state index is 12.0. The van der Waals surface area contributed by atoms with Gasteiger partial charge in [0.15, 0.2) is 0 Å². The monoisotopic (exact) mass is 263 g/mol. The third kappa shape index (κ3) is 3.96. The maximum atomic E-state index is 12.0. The van der Waals surface area contributed by atoms with Crippen LogP contribution < -0.4 is 4.74 Å². The topological polar surface area (TPSA) is 38.8 Å². The van der Waals surface area contributed by atoms with Crippen LogP contribution >= 0.6 is 0 Å². The van der Waals surface area contributed by atoms with E-state index >= 15 is 0 Å². The molecule has 19 heavy (non-hydrogen) atoms. The van der Waals surface area contributed by atoms with Crippen LogP contribution in [0.3, 0.4) is 0 Å². The summed E-state index contributed by atoms with van der Waals surface area (Å²) < 4.78 is 10.6. The Bertz CT molecular complexity index is 427. The maximum Gasteiger partial charge on any atom is 0.338 e. The van der Waals surface area contributed by atoms with E-state index in [2.05, 4.69) is 4.90 Å². The number of hydrogen-bond donors (Lipinski definition) is 0. The first kappa shape index (κ1) is 13.9. The lowest BCUT2D eigenvalue weighted by Gasteiger charge is -2.20. The van der Waals surface area contributed by atoms with E-state index in [0.717, 1.165) is 19.6 Å². The van der Waals surface area contributed by atoms with E-state index in [1.165, 1.54) is 12.8 Å². The summed E-state index contributed by atoms with van der Waals surface area (Å²) in [5, 5.41) is 0. The lowest BCUT2D eigenvalue weighted by atomic mass is 10.2. The highest BCUT2D eigenvalue weighted by Gasteiger charge is 2.18. The molecule has 104 valence electrons. The van der Waals surface area contributed by atoms with Gasteiger partial charge in [0.25, 0.3) is 0 Å². The summed E-state index contributed by atoms with van der Waals surface area (Å²) >= 11 is 0. The molecule has 1 saturated heterocycles. The van der Waals surface area contributed by atoms with Gasteiger partial charge in [0, 0.05) is 6.54 Å². The second-order valence-corrected chi connectivity index (χ2v) is 4.96. The third-order valence-electron chi connectivity index (χ3n) is 3.33. The van der Waals surface area contributed by atoms with Crippen LogP contribution in [-0.4, -0.2) is 43.7 Å². The van der Waals surface area contributed by atoms with Crippen LogP contribution in [0.15, 0.2) is 24.3 Å². The average molecular weight is 263 g/mol. The summed E-state index contributed by atoms with van der Waals surface area (Å²) in [5.74, 6) is 0.382. The van der Waals surface area contributed by atoms with Crippen LogP contribution in [0.25, 0.3) is 0 Å². The van der Waals surface area contributed by atoms with Crippen molar-refractivity contribution in [1.82, 2.24) is 4.90 Å². The Hall–Kier alpha value is -1.55. The van der Waals surface area contributed by atoms with E-state index in [4.69, 9.17) is 9.47 Å². The zero-order chi connectivity index (χ0) is 13.7. The van der Waals surface area contributed by atoms with Crippen molar-refractivity contribution in [1.29, 1.82) is 0 Å². The Kier molecular flexibility index (Phi) is 4.80. The first-order chi connectivity index (χ1) is 9.19. The molecule has 0 aromatic heterocycles. The second kappa shape index (κ2) is 6.57. The van der Waals surface area contributed by atoms with E-state index in [1.807, 2.05) is 13.0 Å². The fourth-order valence-corrected chi connectivity index (χ4v) is 2.37. The van der Waals surface area contributed by atoms with Gasteiger partial charge in [0.1, 0.15) is 11.9 Å². The van der Waals surface area contributed by atoms with Crippen LogP contribution in [0.1, 0.15) is 30.1 Å². The van der Waals surface area contributed by atoms with Crippen LogP contribution in [0.5, 0.6) is 5.75 Å². The minimum atomic E-state index is -0.286. The molecule has 2 rings (SSSR count). The van der Waals surface area contributed by atoms with Crippen LogP contribution in [0, 0.1) is 0 Å². The lowest BCUT2D eigenvalue weighted by molar-refractivity contribution is 0.0271. The van der Waals surface area contributed by atoms with Crippen molar-refractivity contribution < 1.29 is 14.3 Å². The fraction of sp³-hybridized carbons (Fsp3) is 0.533. The molecule has 1 aliphatic heterocycles. The van der Waals surface area contributed by atoms with Crippen molar-refractivity contribution in [2.75, 3.05) is 26.7 Å². The number of methoxy groups -OCH3 is 1. The van der Waals surface area contributed by atoms with Crippen molar-refractivity contribution >= 4 is 5.97 Å². The SMILES string of the molecule is COc1cccc(C(=O)O[C@@H](C)CN2CCCC2)c1. The molecule has 0 aliphatic carbocycles. The number of hydrogen-bond acceptors (Lipinski definition) is 4. The van der Waals surface area contributed by atoms with Crippen LogP contribution in [-0.2, 0) is 4.74 Å². The predicted octanol–water partition coefficient (Wildman–Crippen LogP) is 2.34. The molecule has 1 heterocycles. The summed E-state index contributed by atoms with van der Waals surface area (Å²) in [4.78, 5) is 14.3. The smallest absolute Gasteiger partial charge is 0.338 e. The Morgan fingerprint density at radius 1 is 1.37 bits per heavy atom. The van der Waals surface area contributed by atoms with Gasteiger partial charge < -0.3 is 9.47 Å². The van der Waals surface area contributed by atoms with E-state index in [-0.39, 0.29) is 12.1 Å². The molecule has 1 aliphatic rings. The fourth-order valence-electron chi connectivity index (χ4n) is 2.37. The van der Waals surface area contributed by atoms with Gasteiger partial charge >= 0.3 is 5.97 Å². The number of likely N-dealkylation sites (tertiary alicyclic amines) is 1. The van der Waals surface area contributed by atoms with E-state index in [1.54, 1.807) is 25.3 Å². The van der Waals surface area contributed by atoms with Gasteiger partial charge in [-0.25, -0.2) is 4.79 Å². The Morgan fingerprint density at radius 2 is 2.11 bits per heavy atom. The highest BCUT2D eigenvalue weighted by molar-refractivity contribution is 5.89. The first-order valence-corrected chi connectivity index (χ1v) is 6.76. The van der Waals surface area contributed by atoms with Crippen LogP contribution in [0.2, 0.25) is 0 Å². The molecule has 0 bridgehead atoms. The number of rotatable bonds is 5. The summed E-state index contributed by atoms with van der Waals surface area (Å²) in [6.07, 6.45) is 2.41. The van der Waals surface area contributed by atoms with Crippen molar-refractivity contribution in [3.63, 3.8) is 0 Å². The largest absolute Gasteiger partial charge is 0.497 e. The van der Waals surface area contributed by atoms with Crippen molar-refractivity contribution in [2.45, 2.75) is 25.9 Å². The number of ether oxygens (including phenoxy) is 2. The summed E-state index contributed by atoms with van der Waals surface area (Å²) in [6, 6.07) is 7.04. The molecule has 1 atom stereocenters. The molecule has 4 heteroatoms. The molecule has 1 aromatic rings. The Balaban J connectivity index is 1.88. The molecular weight excluding hydrogens is 242 g/mol. The summed E-state index contributed by atoms with van der Waals surface area (Å²) in [7, 11) is 1.58. The molecule has 0 radical (unpaired) electrons. The molecule has 1 fully saturated rings. The number of benzene rings is 1. The van der Waals surface area contributed by atoms with Gasteiger partial charge in [-0.3, -0.25) is 4.90 Å². The van der Waals surface area contributed by atoms with E-state index in [9.17, 15) is 4.79 Å². The van der Waals surface area contributed by atoms with E-state index in [0.29, 0.717) is 11.3 Å². The van der Waals surface area contributed by atoms with Gasteiger partial charge in [0.05, 0.1) is 12.7 Å². The predicted molar refractivity (Wildman–Crippen MR) is 73.5 cm³/mol. The molecule has 0 amide bonds. The van der Waals surface area contributed by atoms with Gasteiger partial charge in [-0.15, -0.1) is 0 Å². The number of carbonyl (C=O) groups excluding carboxylic acids is 1. The number of carbonyl (C=O) groups is 1.